The number of aromatic nitrogens is 1. The normalized spacial score (nSPS) is 10.5. The fourth-order valence-electron chi connectivity index (χ4n) is 1.37. The molecule has 2 N–H and O–H groups in total. The van der Waals surface area contributed by atoms with Crippen molar-refractivity contribution in [3.63, 3.8) is 0 Å². The molecule has 2 rings (SSSR count). The zero-order valence-electron chi connectivity index (χ0n) is 7.21. The SMILES string of the molecule is Bc1cnc(N)c2ccc(F)cc12. The number of anilines is 1. The zero-order chi connectivity index (χ0) is 9.42. The first-order valence-electron chi connectivity index (χ1n) is 3.99. The number of nitrogen functional groups attached to an aromatic ring is 1. The van der Waals surface area contributed by atoms with E-state index >= 15 is 0 Å². The van der Waals surface area contributed by atoms with Crippen LogP contribution in [0.2, 0.25) is 0 Å². The summed E-state index contributed by atoms with van der Waals surface area (Å²) in [6.07, 6.45) is 1.65. The molecule has 0 amide bonds. The van der Waals surface area contributed by atoms with Crippen LogP contribution < -0.4 is 11.2 Å². The monoisotopic (exact) mass is 174 g/mol. The van der Waals surface area contributed by atoms with Gasteiger partial charge in [0, 0.05) is 11.6 Å². The van der Waals surface area contributed by atoms with Gasteiger partial charge in [-0.1, -0.05) is 5.46 Å². The highest BCUT2D eigenvalue weighted by molar-refractivity contribution is 6.38. The molecule has 0 aliphatic heterocycles. The van der Waals surface area contributed by atoms with E-state index in [2.05, 4.69) is 4.98 Å². The van der Waals surface area contributed by atoms with Gasteiger partial charge in [0.25, 0.3) is 0 Å². The lowest BCUT2D eigenvalue weighted by atomic mass is 9.92. The summed E-state index contributed by atoms with van der Waals surface area (Å²) in [5.74, 6) is 0.196. The fourth-order valence-corrected chi connectivity index (χ4v) is 1.37. The van der Waals surface area contributed by atoms with Gasteiger partial charge in [0.2, 0.25) is 0 Å². The molecule has 0 aliphatic rings. The second-order valence-corrected chi connectivity index (χ2v) is 3.02. The molecule has 1 heterocycles. The summed E-state index contributed by atoms with van der Waals surface area (Å²) in [5.41, 5.74) is 6.58. The highest BCUT2D eigenvalue weighted by atomic mass is 19.1. The first-order valence-corrected chi connectivity index (χ1v) is 3.99. The van der Waals surface area contributed by atoms with Crippen LogP contribution in [0.4, 0.5) is 10.2 Å². The smallest absolute Gasteiger partial charge is 0.142 e. The van der Waals surface area contributed by atoms with Crippen molar-refractivity contribution in [3.05, 3.63) is 30.2 Å². The molecule has 0 spiro atoms. The number of benzene rings is 1. The van der Waals surface area contributed by atoms with Gasteiger partial charge in [-0.2, -0.15) is 0 Å². The highest BCUT2D eigenvalue weighted by Crippen LogP contribution is 2.17. The zero-order valence-corrected chi connectivity index (χ0v) is 7.21. The van der Waals surface area contributed by atoms with Crippen LogP contribution in [0.25, 0.3) is 10.8 Å². The third-order valence-electron chi connectivity index (χ3n) is 2.08. The Morgan fingerprint density at radius 3 is 2.85 bits per heavy atom. The quantitative estimate of drug-likeness (QED) is 0.580. The van der Waals surface area contributed by atoms with Crippen molar-refractivity contribution < 1.29 is 4.39 Å². The van der Waals surface area contributed by atoms with E-state index in [1.54, 1.807) is 12.3 Å². The van der Waals surface area contributed by atoms with E-state index in [0.29, 0.717) is 5.82 Å². The van der Waals surface area contributed by atoms with Crippen molar-refractivity contribution in [1.29, 1.82) is 0 Å². The number of pyridine rings is 1. The molecule has 0 atom stereocenters. The summed E-state index contributed by atoms with van der Waals surface area (Å²) in [6.45, 7) is 0. The number of nitrogens with zero attached hydrogens (tertiary/aromatic N) is 1. The van der Waals surface area contributed by atoms with Gasteiger partial charge in [0.1, 0.15) is 19.5 Å². The van der Waals surface area contributed by atoms with Crippen molar-refractivity contribution in [2.75, 3.05) is 5.73 Å². The number of hydrogen-bond donors (Lipinski definition) is 1. The molecular formula is C9H8BFN2. The number of hydrogen-bond acceptors (Lipinski definition) is 2. The van der Waals surface area contributed by atoms with Gasteiger partial charge >= 0.3 is 0 Å². The first-order chi connectivity index (χ1) is 6.18. The standard InChI is InChI=1S/C9H8BFN2/c10-8-4-13-9(12)6-2-1-5(11)3-7(6)8/h1-4H,10H2,(H2,12,13). The number of nitrogens with two attached hydrogens (primary N) is 1. The highest BCUT2D eigenvalue weighted by Gasteiger charge is 2.02. The lowest BCUT2D eigenvalue weighted by molar-refractivity contribution is 0.630. The van der Waals surface area contributed by atoms with Crippen LogP contribution in [0.5, 0.6) is 0 Å². The van der Waals surface area contributed by atoms with Crippen molar-refractivity contribution in [3.8, 4) is 0 Å². The van der Waals surface area contributed by atoms with Crippen LogP contribution in [-0.4, -0.2) is 12.8 Å². The maximum atomic E-state index is 12.9. The minimum Gasteiger partial charge on any atom is -0.383 e. The van der Waals surface area contributed by atoms with Gasteiger partial charge in [0.15, 0.2) is 0 Å². The Balaban J connectivity index is 2.92. The summed E-state index contributed by atoms with van der Waals surface area (Å²) in [6, 6.07) is 4.52. The molecule has 13 heavy (non-hydrogen) atoms. The van der Waals surface area contributed by atoms with E-state index in [4.69, 9.17) is 5.73 Å². The summed E-state index contributed by atoms with van der Waals surface area (Å²) < 4.78 is 12.9. The molecule has 0 aliphatic carbocycles. The van der Waals surface area contributed by atoms with E-state index in [1.807, 2.05) is 7.85 Å². The average Bonchev–Trinajstić information content (AvgIpc) is 2.12. The molecule has 1 aromatic heterocycles. The van der Waals surface area contributed by atoms with E-state index in [9.17, 15) is 4.39 Å². The number of rotatable bonds is 0. The Morgan fingerprint density at radius 2 is 2.08 bits per heavy atom. The molecule has 0 radical (unpaired) electrons. The molecule has 0 saturated carbocycles. The summed E-state index contributed by atoms with van der Waals surface area (Å²) in [5, 5.41) is 1.63. The van der Waals surface area contributed by atoms with Gasteiger partial charge in [-0.3, -0.25) is 0 Å². The molecule has 0 saturated heterocycles. The van der Waals surface area contributed by atoms with E-state index in [1.165, 1.54) is 12.1 Å². The van der Waals surface area contributed by atoms with Gasteiger partial charge in [-0.25, -0.2) is 9.37 Å². The predicted octanol–water partition coefficient (Wildman–Crippen LogP) is 0.214. The van der Waals surface area contributed by atoms with Crippen molar-refractivity contribution in [1.82, 2.24) is 4.98 Å². The van der Waals surface area contributed by atoms with E-state index in [-0.39, 0.29) is 5.82 Å². The van der Waals surface area contributed by atoms with Crippen LogP contribution in [0.1, 0.15) is 0 Å². The molecule has 0 bridgehead atoms. The summed E-state index contributed by atoms with van der Waals surface area (Å²) >= 11 is 0. The second-order valence-electron chi connectivity index (χ2n) is 3.02. The van der Waals surface area contributed by atoms with E-state index < -0.39 is 0 Å². The van der Waals surface area contributed by atoms with Crippen molar-refractivity contribution >= 4 is 29.9 Å². The van der Waals surface area contributed by atoms with Crippen molar-refractivity contribution in [2.24, 2.45) is 0 Å². The van der Waals surface area contributed by atoms with Gasteiger partial charge < -0.3 is 5.73 Å². The van der Waals surface area contributed by atoms with Gasteiger partial charge in [-0.15, -0.1) is 0 Å². The molecule has 4 heteroatoms. The maximum absolute atomic E-state index is 12.9. The molecule has 2 nitrogen and oxygen atoms in total. The van der Waals surface area contributed by atoms with E-state index in [0.717, 1.165) is 16.2 Å². The first kappa shape index (κ1) is 8.04. The van der Waals surface area contributed by atoms with Crippen LogP contribution in [0.15, 0.2) is 24.4 Å². The lowest BCUT2D eigenvalue weighted by Crippen LogP contribution is -2.07. The molecule has 2 aromatic rings. The average molecular weight is 174 g/mol. The molecule has 64 valence electrons. The topological polar surface area (TPSA) is 38.9 Å². The Bertz CT molecular complexity index is 470. The minimum atomic E-state index is -0.249. The minimum absolute atomic E-state index is 0.249. The summed E-state index contributed by atoms with van der Waals surface area (Å²) in [7, 11) is 1.88. The number of halogens is 1. The molecule has 1 aromatic carbocycles. The lowest BCUT2D eigenvalue weighted by Gasteiger charge is -2.03. The largest absolute Gasteiger partial charge is 0.383 e. The van der Waals surface area contributed by atoms with Gasteiger partial charge in [0.05, 0.1) is 0 Å². The second kappa shape index (κ2) is 2.73. The molecular weight excluding hydrogens is 166 g/mol. The predicted molar refractivity (Wildman–Crippen MR) is 54.3 cm³/mol. The Kier molecular flexibility index (Phi) is 1.69. The maximum Gasteiger partial charge on any atom is 0.142 e. The Hall–Kier alpha value is -1.58. The Labute approximate surface area is 76.0 Å². The van der Waals surface area contributed by atoms with Crippen LogP contribution in [0, 0.1) is 5.82 Å². The fraction of sp³-hybridized carbons (Fsp3) is 0. The third-order valence-corrected chi connectivity index (χ3v) is 2.08. The number of fused-ring (bicyclic) bond motifs is 1. The molecule has 0 unspecified atom stereocenters. The van der Waals surface area contributed by atoms with Crippen LogP contribution in [0.3, 0.4) is 0 Å². The molecule has 0 fully saturated rings. The van der Waals surface area contributed by atoms with Crippen molar-refractivity contribution in [2.45, 2.75) is 0 Å². The summed E-state index contributed by atoms with van der Waals surface area (Å²) in [4.78, 5) is 3.99. The third kappa shape index (κ3) is 1.24. The Morgan fingerprint density at radius 1 is 1.31 bits per heavy atom. The van der Waals surface area contributed by atoms with Crippen LogP contribution in [-0.2, 0) is 0 Å². The van der Waals surface area contributed by atoms with Gasteiger partial charge in [-0.05, 0) is 23.6 Å². The van der Waals surface area contributed by atoms with Crippen LogP contribution >= 0.6 is 0 Å².